The van der Waals surface area contributed by atoms with Crippen LogP contribution in [-0.2, 0) is 6.42 Å². The van der Waals surface area contributed by atoms with Gasteiger partial charge in [-0.1, -0.05) is 13.3 Å². The lowest BCUT2D eigenvalue weighted by Crippen LogP contribution is -2.11. The molecule has 1 amide bonds. The molecule has 0 aliphatic carbocycles. The molecule has 6 heteroatoms. The number of aromatic nitrogens is 2. The van der Waals surface area contributed by atoms with Crippen molar-refractivity contribution in [2.75, 3.05) is 0 Å². The number of carbonyl (C=O) groups is 2. The third-order valence-electron chi connectivity index (χ3n) is 3.19. The van der Waals surface area contributed by atoms with Gasteiger partial charge in [-0.3, -0.25) is 4.79 Å². The first-order valence-corrected chi connectivity index (χ1v) is 6.75. The van der Waals surface area contributed by atoms with Gasteiger partial charge in [-0.2, -0.15) is 5.10 Å². The summed E-state index contributed by atoms with van der Waals surface area (Å²) in [5, 5.41) is 13.2. The number of carbonyl (C=O) groups excluding carboxylic acids is 1. The summed E-state index contributed by atoms with van der Waals surface area (Å²) in [6.07, 6.45) is 2.70. The minimum atomic E-state index is -1.06. The van der Waals surface area contributed by atoms with E-state index < -0.39 is 11.9 Å². The predicted octanol–water partition coefficient (Wildman–Crippen LogP) is 2.01. The van der Waals surface area contributed by atoms with Crippen molar-refractivity contribution in [1.82, 2.24) is 9.78 Å². The maximum atomic E-state index is 11.1. The van der Waals surface area contributed by atoms with E-state index in [9.17, 15) is 9.59 Å². The van der Waals surface area contributed by atoms with Crippen LogP contribution in [0.4, 0.5) is 0 Å². The lowest BCUT2D eigenvalue weighted by molar-refractivity contribution is 0.0689. The molecule has 2 aromatic rings. The molecule has 3 N–H and O–H groups in total. The van der Waals surface area contributed by atoms with Crippen molar-refractivity contribution in [3.8, 4) is 5.69 Å². The highest BCUT2D eigenvalue weighted by Gasteiger charge is 2.14. The smallest absolute Gasteiger partial charge is 0.356 e. The topological polar surface area (TPSA) is 98.2 Å². The van der Waals surface area contributed by atoms with Crippen molar-refractivity contribution in [2.45, 2.75) is 26.2 Å². The zero-order valence-corrected chi connectivity index (χ0v) is 11.7. The zero-order valence-electron chi connectivity index (χ0n) is 11.7. The largest absolute Gasteiger partial charge is 0.476 e. The van der Waals surface area contributed by atoms with Gasteiger partial charge in [0.05, 0.1) is 5.69 Å². The van der Waals surface area contributed by atoms with Crippen LogP contribution in [0.2, 0.25) is 0 Å². The van der Waals surface area contributed by atoms with Gasteiger partial charge in [0.25, 0.3) is 0 Å². The molecule has 0 aliphatic rings. The normalized spacial score (nSPS) is 10.5. The van der Waals surface area contributed by atoms with Gasteiger partial charge in [0.1, 0.15) is 0 Å². The number of carboxylic acid groups (broad SMARTS) is 1. The van der Waals surface area contributed by atoms with E-state index >= 15 is 0 Å². The van der Waals surface area contributed by atoms with Crippen molar-refractivity contribution in [1.29, 1.82) is 0 Å². The second-order valence-electron chi connectivity index (χ2n) is 4.75. The Balaban J connectivity index is 2.40. The SMILES string of the molecule is CCCCc1cc(C(=O)O)nn1-c1ccc(C(N)=O)cc1. The zero-order chi connectivity index (χ0) is 15.4. The first-order chi connectivity index (χ1) is 10.0. The van der Waals surface area contributed by atoms with E-state index in [-0.39, 0.29) is 5.69 Å². The highest BCUT2D eigenvalue weighted by atomic mass is 16.4. The second kappa shape index (κ2) is 6.21. The van der Waals surface area contributed by atoms with Gasteiger partial charge in [0, 0.05) is 11.3 Å². The Morgan fingerprint density at radius 3 is 2.48 bits per heavy atom. The molecule has 110 valence electrons. The molecule has 0 aliphatic heterocycles. The molecule has 0 spiro atoms. The second-order valence-corrected chi connectivity index (χ2v) is 4.75. The molecule has 1 aromatic carbocycles. The van der Waals surface area contributed by atoms with Crippen LogP contribution >= 0.6 is 0 Å². The van der Waals surface area contributed by atoms with Crippen LogP contribution in [0.25, 0.3) is 5.69 Å². The van der Waals surface area contributed by atoms with Gasteiger partial charge in [-0.05, 0) is 43.2 Å². The number of rotatable bonds is 6. The maximum absolute atomic E-state index is 11.1. The van der Waals surface area contributed by atoms with Crippen LogP contribution in [0.5, 0.6) is 0 Å². The number of aromatic carboxylic acids is 1. The van der Waals surface area contributed by atoms with Gasteiger partial charge in [0.15, 0.2) is 5.69 Å². The van der Waals surface area contributed by atoms with Crippen molar-refractivity contribution in [3.63, 3.8) is 0 Å². The molecule has 6 nitrogen and oxygen atoms in total. The van der Waals surface area contributed by atoms with Gasteiger partial charge in [0.2, 0.25) is 5.91 Å². The maximum Gasteiger partial charge on any atom is 0.356 e. The quantitative estimate of drug-likeness (QED) is 0.849. The van der Waals surface area contributed by atoms with Crippen molar-refractivity contribution in [2.24, 2.45) is 5.73 Å². The highest BCUT2D eigenvalue weighted by molar-refractivity contribution is 5.92. The third kappa shape index (κ3) is 3.28. The first kappa shape index (κ1) is 14.8. The van der Waals surface area contributed by atoms with Crippen LogP contribution < -0.4 is 5.73 Å². The molecule has 0 fully saturated rings. The summed E-state index contributed by atoms with van der Waals surface area (Å²) in [7, 11) is 0. The molecule has 1 heterocycles. The number of carboxylic acids is 1. The third-order valence-corrected chi connectivity index (χ3v) is 3.19. The number of amides is 1. The van der Waals surface area contributed by atoms with E-state index in [0.717, 1.165) is 25.0 Å². The van der Waals surface area contributed by atoms with Crippen LogP contribution in [0.15, 0.2) is 30.3 Å². The van der Waals surface area contributed by atoms with E-state index in [2.05, 4.69) is 12.0 Å². The lowest BCUT2D eigenvalue weighted by atomic mass is 10.1. The van der Waals surface area contributed by atoms with E-state index in [4.69, 9.17) is 10.8 Å². The van der Waals surface area contributed by atoms with E-state index in [0.29, 0.717) is 11.3 Å². The molecule has 0 bridgehead atoms. The number of hydrogen-bond donors (Lipinski definition) is 2. The lowest BCUT2D eigenvalue weighted by Gasteiger charge is -2.07. The number of nitrogens with two attached hydrogens (primary N) is 1. The van der Waals surface area contributed by atoms with Crippen molar-refractivity contribution >= 4 is 11.9 Å². The molecular formula is C15H17N3O3. The Bertz CT molecular complexity index is 659. The number of primary amides is 1. The number of aryl methyl sites for hydroxylation is 1. The van der Waals surface area contributed by atoms with Gasteiger partial charge in [-0.25, -0.2) is 9.48 Å². The van der Waals surface area contributed by atoms with Crippen LogP contribution in [0, 0.1) is 0 Å². The number of hydrogen-bond acceptors (Lipinski definition) is 3. The van der Waals surface area contributed by atoms with E-state index in [1.165, 1.54) is 0 Å². The summed E-state index contributed by atoms with van der Waals surface area (Å²) < 4.78 is 1.60. The van der Waals surface area contributed by atoms with Gasteiger partial charge < -0.3 is 10.8 Å². The molecule has 2 rings (SSSR count). The Hall–Kier alpha value is -2.63. The molecule has 1 aromatic heterocycles. The minimum Gasteiger partial charge on any atom is -0.476 e. The van der Waals surface area contributed by atoms with Crippen LogP contribution in [-0.4, -0.2) is 26.8 Å². The van der Waals surface area contributed by atoms with E-state index in [1.807, 2.05) is 0 Å². The molecule has 0 saturated carbocycles. The number of benzene rings is 1. The summed E-state index contributed by atoms with van der Waals surface area (Å²) in [6, 6.07) is 8.19. The summed E-state index contributed by atoms with van der Waals surface area (Å²) in [5.41, 5.74) is 7.16. The monoisotopic (exact) mass is 287 g/mol. The molecular weight excluding hydrogens is 270 g/mol. The van der Waals surface area contributed by atoms with Gasteiger partial charge in [-0.15, -0.1) is 0 Å². The fourth-order valence-electron chi connectivity index (χ4n) is 2.05. The average Bonchev–Trinajstić information content (AvgIpc) is 2.89. The highest BCUT2D eigenvalue weighted by Crippen LogP contribution is 2.16. The van der Waals surface area contributed by atoms with E-state index in [1.54, 1.807) is 35.0 Å². The Labute approximate surface area is 122 Å². The molecule has 0 radical (unpaired) electrons. The summed E-state index contributed by atoms with van der Waals surface area (Å²) in [6.45, 7) is 2.07. The van der Waals surface area contributed by atoms with Gasteiger partial charge >= 0.3 is 5.97 Å². The number of nitrogens with zero attached hydrogens (tertiary/aromatic N) is 2. The molecule has 0 atom stereocenters. The molecule has 0 unspecified atom stereocenters. The fourth-order valence-corrected chi connectivity index (χ4v) is 2.05. The average molecular weight is 287 g/mol. The number of unbranched alkanes of at least 4 members (excludes halogenated alkanes) is 1. The molecule has 21 heavy (non-hydrogen) atoms. The fraction of sp³-hybridized carbons (Fsp3) is 0.267. The first-order valence-electron chi connectivity index (χ1n) is 6.75. The Kier molecular flexibility index (Phi) is 4.37. The summed E-state index contributed by atoms with van der Waals surface area (Å²) >= 11 is 0. The van der Waals surface area contributed by atoms with Crippen molar-refractivity contribution < 1.29 is 14.7 Å². The summed E-state index contributed by atoms with van der Waals surface area (Å²) in [5.74, 6) is -1.56. The standard InChI is InChI=1S/C15H17N3O3/c1-2-3-4-12-9-13(15(20)21)17-18(12)11-7-5-10(6-8-11)14(16)19/h5-9H,2-4H2,1H3,(H2,16,19)(H,20,21). The predicted molar refractivity (Wildman–Crippen MR) is 77.7 cm³/mol. The Morgan fingerprint density at radius 1 is 1.29 bits per heavy atom. The Morgan fingerprint density at radius 2 is 1.95 bits per heavy atom. The molecule has 0 saturated heterocycles. The van der Waals surface area contributed by atoms with Crippen LogP contribution in [0.3, 0.4) is 0 Å². The van der Waals surface area contributed by atoms with Crippen LogP contribution in [0.1, 0.15) is 46.3 Å². The van der Waals surface area contributed by atoms with Crippen molar-refractivity contribution in [3.05, 3.63) is 47.3 Å². The summed E-state index contributed by atoms with van der Waals surface area (Å²) in [4.78, 5) is 22.2. The minimum absolute atomic E-state index is 0.0140.